The van der Waals surface area contributed by atoms with E-state index in [0.717, 1.165) is 31.5 Å². The number of nitrogens with zero attached hydrogens (tertiary/aromatic N) is 3. The molecule has 1 unspecified atom stereocenters. The van der Waals surface area contributed by atoms with Crippen molar-refractivity contribution in [3.8, 4) is 5.75 Å². The van der Waals surface area contributed by atoms with Crippen LogP contribution in [0.5, 0.6) is 5.75 Å². The van der Waals surface area contributed by atoms with Crippen LogP contribution in [0.1, 0.15) is 56.6 Å². The number of imidazole rings is 1. The van der Waals surface area contributed by atoms with Gasteiger partial charge in [-0.25, -0.2) is 4.98 Å². The third-order valence-corrected chi connectivity index (χ3v) is 7.37. The minimum absolute atomic E-state index is 0.0341. The molecule has 0 aliphatic carbocycles. The lowest BCUT2D eigenvalue weighted by atomic mass is 10.0. The highest BCUT2D eigenvalue weighted by atomic mass is 35.5. The van der Waals surface area contributed by atoms with Crippen molar-refractivity contribution >= 4 is 40.4 Å². The van der Waals surface area contributed by atoms with Gasteiger partial charge in [0.05, 0.1) is 17.1 Å². The number of likely N-dealkylation sites (tertiary alicyclic amines) is 1. The van der Waals surface area contributed by atoms with Gasteiger partial charge in [-0.2, -0.15) is 0 Å². The lowest BCUT2D eigenvalue weighted by Crippen LogP contribution is -2.33. The number of hydrogen-bond acceptors (Lipinski definition) is 5. The molecule has 0 saturated carbocycles. The zero-order valence-electron chi connectivity index (χ0n) is 21.9. The highest BCUT2D eigenvalue weighted by Crippen LogP contribution is 2.27. The molecule has 0 bridgehead atoms. The van der Waals surface area contributed by atoms with Gasteiger partial charge in [-0.05, 0) is 85.8 Å². The summed E-state index contributed by atoms with van der Waals surface area (Å²) in [6.07, 6.45) is 2.27. The summed E-state index contributed by atoms with van der Waals surface area (Å²) in [6.45, 7) is 2.91. The van der Waals surface area contributed by atoms with Gasteiger partial charge in [-0.15, -0.1) is 0 Å². The number of halogens is 1. The van der Waals surface area contributed by atoms with E-state index in [1.54, 1.807) is 60.7 Å². The lowest BCUT2D eigenvalue weighted by Gasteiger charge is -2.21. The molecule has 1 aliphatic rings. The van der Waals surface area contributed by atoms with Gasteiger partial charge in [-0.3, -0.25) is 14.4 Å². The van der Waals surface area contributed by atoms with Crippen LogP contribution in [0.2, 0.25) is 5.02 Å². The van der Waals surface area contributed by atoms with Crippen molar-refractivity contribution in [3.05, 3.63) is 93.8 Å². The quantitative estimate of drug-likeness (QED) is 0.286. The molecular weight excluding hydrogens is 532 g/mol. The van der Waals surface area contributed by atoms with E-state index in [-0.39, 0.29) is 30.5 Å². The largest absolute Gasteiger partial charge is 0.508 e. The van der Waals surface area contributed by atoms with Crippen LogP contribution in [0, 0.1) is 6.92 Å². The number of aliphatic carboxylic acids is 1. The Labute approximate surface area is 236 Å². The first-order valence-electron chi connectivity index (χ1n) is 13.1. The fraction of sp³-hybridized carbons (Fsp3) is 0.267. The molecule has 2 amide bonds. The number of rotatable bonds is 8. The van der Waals surface area contributed by atoms with Crippen molar-refractivity contribution in [2.75, 3.05) is 13.1 Å². The number of hydrogen-bond donors (Lipinski definition) is 3. The summed E-state index contributed by atoms with van der Waals surface area (Å²) < 4.78 is 1.54. The van der Waals surface area contributed by atoms with Crippen molar-refractivity contribution < 1.29 is 24.6 Å². The molecule has 206 valence electrons. The molecule has 1 aliphatic heterocycles. The Morgan fingerprint density at radius 2 is 1.75 bits per heavy atom. The van der Waals surface area contributed by atoms with E-state index in [9.17, 15) is 24.6 Å². The van der Waals surface area contributed by atoms with Crippen molar-refractivity contribution in [1.82, 2.24) is 19.8 Å². The molecule has 1 fully saturated rings. The van der Waals surface area contributed by atoms with Gasteiger partial charge >= 0.3 is 5.97 Å². The molecule has 0 spiro atoms. The smallest absolute Gasteiger partial charge is 0.323 e. The summed E-state index contributed by atoms with van der Waals surface area (Å²) in [5, 5.41) is 22.8. The lowest BCUT2D eigenvalue weighted by molar-refractivity contribution is -0.137. The second-order valence-electron chi connectivity index (χ2n) is 10.0. The molecule has 2 heterocycles. The molecule has 0 radical (unpaired) electrons. The molecule has 10 heteroatoms. The van der Waals surface area contributed by atoms with Crippen LogP contribution in [0.3, 0.4) is 0 Å². The van der Waals surface area contributed by atoms with Crippen LogP contribution < -0.4 is 5.32 Å². The maximum absolute atomic E-state index is 13.5. The highest BCUT2D eigenvalue weighted by molar-refractivity contribution is 6.31. The Bertz CT molecular complexity index is 1590. The topological polar surface area (TPSA) is 125 Å². The number of carboxylic acid groups (broad SMARTS) is 1. The van der Waals surface area contributed by atoms with Gasteiger partial charge in [-0.1, -0.05) is 23.7 Å². The number of carbonyl (C=O) groups is 3. The van der Waals surface area contributed by atoms with Gasteiger partial charge in [0, 0.05) is 29.2 Å². The zero-order chi connectivity index (χ0) is 28.4. The Morgan fingerprint density at radius 1 is 1.02 bits per heavy atom. The number of amides is 2. The maximum atomic E-state index is 13.5. The Morgan fingerprint density at radius 3 is 2.42 bits per heavy atom. The van der Waals surface area contributed by atoms with E-state index in [1.807, 2.05) is 11.8 Å². The monoisotopic (exact) mass is 560 g/mol. The number of carboxylic acids is 1. The van der Waals surface area contributed by atoms with Crippen molar-refractivity contribution in [3.63, 3.8) is 0 Å². The minimum Gasteiger partial charge on any atom is -0.508 e. The van der Waals surface area contributed by atoms with E-state index in [0.29, 0.717) is 38.6 Å². The predicted molar refractivity (Wildman–Crippen MR) is 151 cm³/mol. The van der Waals surface area contributed by atoms with Crippen LogP contribution in [0.15, 0.2) is 60.7 Å². The standard InChI is InChI=1S/C30H29ClN4O5/c1-18-14-20(6-10-23(18)30(40)34-12-2-3-13-34)29(39)33-25(15-19-4-8-22(36)9-5-19)28-32-24-11-7-21(31)16-26(24)35(28)17-27(37)38/h4-11,14,16,25,36H,2-3,12-13,15,17H2,1H3,(H,33,39)(H,37,38). The average Bonchev–Trinajstić information content (AvgIpc) is 3.58. The second-order valence-corrected chi connectivity index (χ2v) is 10.4. The summed E-state index contributed by atoms with van der Waals surface area (Å²) in [7, 11) is 0. The number of benzene rings is 3. The van der Waals surface area contributed by atoms with Gasteiger partial charge < -0.3 is 25.0 Å². The molecule has 3 N–H and O–H groups in total. The number of nitrogens with one attached hydrogen (secondary N) is 1. The van der Waals surface area contributed by atoms with Gasteiger partial charge in [0.1, 0.15) is 18.1 Å². The molecular formula is C30H29ClN4O5. The number of aryl methyl sites for hydroxylation is 1. The molecule has 3 aromatic carbocycles. The van der Waals surface area contributed by atoms with Gasteiger partial charge in [0.15, 0.2) is 0 Å². The number of phenolic OH excluding ortho intramolecular Hbond substituents is 1. The summed E-state index contributed by atoms with van der Waals surface area (Å²) in [5.74, 6) is -1.02. The third-order valence-electron chi connectivity index (χ3n) is 7.14. The van der Waals surface area contributed by atoms with E-state index < -0.39 is 12.0 Å². The Hall–Kier alpha value is -4.37. The van der Waals surface area contributed by atoms with Crippen molar-refractivity contribution in [2.45, 2.75) is 38.8 Å². The average molecular weight is 561 g/mol. The molecule has 1 saturated heterocycles. The molecule has 40 heavy (non-hydrogen) atoms. The molecule has 1 aromatic heterocycles. The predicted octanol–water partition coefficient (Wildman–Crippen LogP) is 4.74. The van der Waals surface area contributed by atoms with E-state index in [4.69, 9.17) is 16.6 Å². The first kappa shape index (κ1) is 27.2. The van der Waals surface area contributed by atoms with E-state index in [2.05, 4.69) is 5.32 Å². The Balaban J connectivity index is 1.49. The fourth-order valence-electron chi connectivity index (χ4n) is 5.13. The van der Waals surface area contributed by atoms with Crippen LogP contribution >= 0.6 is 11.6 Å². The SMILES string of the molecule is Cc1cc(C(=O)NC(Cc2ccc(O)cc2)c2nc3ccc(Cl)cc3n2CC(=O)O)ccc1C(=O)N1CCCC1. The molecule has 1 atom stereocenters. The van der Waals surface area contributed by atoms with E-state index >= 15 is 0 Å². The van der Waals surface area contributed by atoms with Crippen molar-refractivity contribution in [1.29, 1.82) is 0 Å². The molecule has 4 aromatic rings. The first-order chi connectivity index (χ1) is 19.2. The van der Waals surface area contributed by atoms with Crippen LogP contribution in [-0.2, 0) is 17.8 Å². The summed E-state index contributed by atoms with van der Waals surface area (Å²) in [4.78, 5) is 44.8. The summed E-state index contributed by atoms with van der Waals surface area (Å²) in [6, 6.07) is 15.9. The number of phenols is 1. The van der Waals surface area contributed by atoms with Crippen LogP contribution in [-0.4, -0.2) is 55.5 Å². The van der Waals surface area contributed by atoms with E-state index in [1.165, 1.54) is 4.57 Å². The maximum Gasteiger partial charge on any atom is 0.323 e. The normalized spacial score (nSPS) is 13.9. The van der Waals surface area contributed by atoms with Gasteiger partial charge in [0.2, 0.25) is 0 Å². The number of aromatic hydroxyl groups is 1. The second kappa shape index (κ2) is 11.4. The minimum atomic E-state index is -1.07. The van der Waals surface area contributed by atoms with Crippen molar-refractivity contribution in [2.24, 2.45) is 0 Å². The first-order valence-corrected chi connectivity index (χ1v) is 13.4. The van der Waals surface area contributed by atoms with Crippen LogP contribution in [0.25, 0.3) is 11.0 Å². The number of aromatic nitrogens is 2. The summed E-state index contributed by atoms with van der Waals surface area (Å²) in [5.41, 5.74) is 3.53. The van der Waals surface area contributed by atoms with Crippen LogP contribution in [0.4, 0.5) is 0 Å². The number of fused-ring (bicyclic) bond motifs is 1. The molecule has 9 nitrogen and oxygen atoms in total. The third kappa shape index (κ3) is 5.79. The number of carbonyl (C=O) groups excluding carboxylic acids is 2. The summed E-state index contributed by atoms with van der Waals surface area (Å²) >= 11 is 6.21. The molecule has 5 rings (SSSR count). The fourth-order valence-corrected chi connectivity index (χ4v) is 5.30. The van der Waals surface area contributed by atoms with Gasteiger partial charge in [0.25, 0.3) is 11.8 Å². The highest BCUT2D eigenvalue weighted by Gasteiger charge is 2.26. The Kier molecular flexibility index (Phi) is 7.75. The zero-order valence-corrected chi connectivity index (χ0v) is 22.7.